The minimum absolute atomic E-state index is 0.215. The molecule has 3 rings (SSSR count). The number of rotatable bonds is 3. The minimum Gasteiger partial charge on any atom is -0.346 e. The highest BCUT2D eigenvalue weighted by Gasteiger charge is 2.18. The van der Waals surface area contributed by atoms with Gasteiger partial charge in [0.05, 0.1) is 16.3 Å². The summed E-state index contributed by atoms with van der Waals surface area (Å²) in [6.45, 7) is 0.841. The van der Waals surface area contributed by atoms with Crippen molar-refractivity contribution in [2.45, 2.75) is 17.9 Å². The molecule has 5 nitrogen and oxygen atoms in total. The fourth-order valence-electron chi connectivity index (χ4n) is 2.11. The van der Waals surface area contributed by atoms with Crippen LogP contribution in [0.4, 0.5) is 0 Å². The average molecular weight is 275 g/mol. The highest BCUT2D eigenvalue weighted by Crippen LogP contribution is 2.16. The predicted molar refractivity (Wildman–Crippen MR) is 72.3 cm³/mol. The first-order chi connectivity index (χ1) is 9.17. The largest absolute Gasteiger partial charge is 0.346 e. The highest BCUT2D eigenvalue weighted by molar-refractivity contribution is 7.89. The molecule has 0 aliphatic carbocycles. The Hall–Kier alpha value is -2.08. The average Bonchev–Trinajstić information content (AvgIpc) is 3.01. The van der Waals surface area contributed by atoms with Crippen molar-refractivity contribution in [2.75, 3.05) is 0 Å². The standard InChI is InChI=1S/C13H13N3O2S/c17-19(18,11-5-2-1-3-6-11)15-14-12-8-10-16-9-4-7-13(12)16/h1-7,9,15H,8,10H2. The fraction of sp³-hybridized carbons (Fsp3) is 0.154. The Bertz CT molecular complexity index is 717. The molecule has 0 fully saturated rings. The summed E-state index contributed by atoms with van der Waals surface area (Å²) in [6.07, 6.45) is 2.71. The summed E-state index contributed by atoms with van der Waals surface area (Å²) in [5.41, 5.74) is 1.74. The van der Waals surface area contributed by atoms with Gasteiger partial charge in [-0.05, 0) is 24.3 Å². The number of nitrogens with zero attached hydrogens (tertiary/aromatic N) is 2. The third-order valence-electron chi connectivity index (χ3n) is 3.07. The van der Waals surface area contributed by atoms with E-state index in [0.717, 1.165) is 24.4 Å². The number of aryl methyl sites for hydroxylation is 1. The van der Waals surface area contributed by atoms with E-state index in [1.165, 1.54) is 0 Å². The summed E-state index contributed by atoms with van der Waals surface area (Å²) in [5, 5.41) is 4.04. The molecule has 6 heteroatoms. The summed E-state index contributed by atoms with van der Waals surface area (Å²) < 4.78 is 26.1. The van der Waals surface area contributed by atoms with E-state index >= 15 is 0 Å². The van der Waals surface area contributed by atoms with Crippen LogP contribution in [-0.4, -0.2) is 18.7 Å². The second kappa shape index (κ2) is 4.55. The van der Waals surface area contributed by atoms with E-state index in [2.05, 4.69) is 14.5 Å². The molecule has 19 heavy (non-hydrogen) atoms. The van der Waals surface area contributed by atoms with Crippen LogP contribution in [0, 0.1) is 0 Å². The minimum atomic E-state index is -3.58. The molecule has 1 aromatic heterocycles. The van der Waals surface area contributed by atoms with E-state index < -0.39 is 10.0 Å². The van der Waals surface area contributed by atoms with E-state index in [1.54, 1.807) is 30.3 Å². The van der Waals surface area contributed by atoms with Crippen LogP contribution in [0.25, 0.3) is 0 Å². The summed E-state index contributed by atoms with van der Waals surface area (Å²) in [6, 6.07) is 12.1. The number of aromatic nitrogens is 1. The SMILES string of the molecule is O=S(=O)(NN=C1CCn2cccc21)c1ccccc1. The van der Waals surface area contributed by atoms with Gasteiger partial charge < -0.3 is 4.57 Å². The molecule has 0 saturated carbocycles. The molecule has 1 aliphatic rings. The van der Waals surface area contributed by atoms with Gasteiger partial charge in [0, 0.05) is 19.2 Å². The molecule has 0 unspecified atom stereocenters. The quantitative estimate of drug-likeness (QED) is 0.864. The van der Waals surface area contributed by atoms with Gasteiger partial charge in [0.15, 0.2) is 0 Å². The van der Waals surface area contributed by atoms with Gasteiger partial charge in [0.2, 0.25) is 0 Å². The zero-order valence-corrected chi connectivity index (χ0v) is 11.0. The maximum Gasteiger partial charge on any atom is 0.276 e. The molecular weight excluding hydrogens is 262 g/mol. The number of sulfonamides is 1. The second-order valence-electron chi connectivity index (χ2n) is 4.30. The first-order valence-electron chi connectivity index (χ1n) is 5.96. The van der Waals surface area contributed by atoms with Gasteiger partial charge in [-0.15, -0.1) is 0 Å². The normalized spacial score (nSPS) is 16.5. The zero-order chi connectivity index (χ0) is 13.3. The molecular formula is C13H13N3O2S. The molecule has 0 spiro atoms. The number of benzene rings is 1. The van der Waals surface area contributed by atoms with Crippen LogP contribution in [0.3, 0.4) is 0 Å². The summed E-state index contributed by atoms with van der Waals surface area (Å²) in [4.78, 5) is 2.51. The molecule has 1 aromatic carbocycles. The van der Waals surface area contributed by atoms with E-state index in [9.17, 15) is 8.42 Å². The molecule has 0 amide bonds. The van der Waals surface area contributed by atoms with Crippen LogP contribution >= 0.6 is 0 Å². The van der Waals surface area contributed by atoms with Gasteiger partial charge in [0.25, 0.3) is 10.0 Å². The Balaban J connectivity index is 1.84. The van der Waals surface area contributed by atoms with Crippen LogP contribution < -0.4 is 4.83 Å². The Morgan fingerprint density at radius 3 is 2.68 bits per heavy atom. The van der Waals surface area contributed by atoms with Crippen LogP contribution in [0.1, 0.15) is 12.1 Å². The van der Waals surface area contributed by atoms with Crippen molar-refractivity contribution in [3.05, 3.63) is 54.4 Å². The van der Waals surface area contributed by atoms with Crippen molar-refractivity contribution in [3.8, 4) is 0 Å². The molecule has 0 radical (unpaired) electrons. The Morgan fingerprint density at radius 1 is 1.11 bits per heavy atom. The van der Waals surface area contributed by atoms with Gasteiger partial charge in [-0.1, -0.05) is 18.2 Å². The summed E-state index contributed by atoms with van der Waals surface area (Å²) in [7, 11) is -3.58. The van der Waals surface area contributed by atoms with Crippen molar-refractivity contribution in [1.29, 1.82) is 0 Å². The van der Waals surface area contributed by atoms with Crippen LogP contribution in [0.5, 0.6) is 0 Å². The topological polar surface area (TPSA) is 63.5 Å². The smallest absolute Gasteiger partial charge is 0.276 e. The molecule has 1 N–H and O–H groups in total. The van der Waals surface area contributed by atoms with Crippen LogP contribution in [0.2, 0.25) is 0 Å². The predicted octanol–water partition coefficient (Wildman–Crippen LogP) is 1.57. The fourth-order valence-corrected chi connectivity index (χ4v) is 2.96. The Kier molecular flexibility index (Phi) is 2.87. The number of nitrogens with one attached hydrogen (secondary N) is 1. The highest BCUT2D eigenvalue weighted by atomic mass is 32.2. The number of hydrazone groups is 1. The number of hydrogen-bond acceptors (Lipinski definition) is 3. The third-order valence-corrected chi connectivity index (χ3v) is 4.29. The maximum absolute atomic E-state index is 12.0. The van der Waals surface area contributed by atoms with Crippen molar-refractivity contribution in [1.82, 2.24) is 9.40 Å². The molecule has 2 heterocycles. The molecule has 1 aliphatic heterocycles. The second-order valence-corrected chi connectivity index (χ2v) is 5.96. The van der Waals surface area contributed by atoms with Crippen molar-refractivity contribution in [3.63, 3.8) is 0 Å². The third kappa shape index (κ3) is 2.26. The first kappa shape index (κ1) is 12.0. The summed E-state index contributed by atoms with van der Waals surface area (Å²) in [5.74, 6) is 0. The van der Waals surface area contributed by atoms with E-state index in [-0.39, 0.29) is 4.90 Å². The number of hydrogen-bond donors (Lipinski definition) is 1. The van der Waals surface area contributed by atoms with Crippen molar-refractivity contribution >= 4 is 15.7 Å². The number of fused-ring (bicyclic) bond motifs is 1. The van der Waals surface area contributed by atoms with Gasteiger partial charge in [0.1, 0.15) is 0 Å². The summed E-state index contributed by atoms with van der Waals surface area (Å²) >= 11 is 0. The van der Waals surface area contributed by atoms with E-state index in [4.69, 9.17) is 0 Å². The molecule has 0 bridgehead atoms. The van der Waals surface area contributed by atoms with Crippen LogP contribution in [-0.2, 0) is 16.6 Å². The van der Waals surface area contributed by atoms with Crippen molar-refractivity contribution < 1.29 is 8.42 Å². The molecule has 98 valence electrons. The lowest BCUT2D eigenvalue weighted by atomic mass is 10.2. The maximum atomic E-state index is 12.0. The van der Waals surface area contributed by atoms with E-state index in [1.807, 2.05) is 18.3 Å². The zero-order valence-electron chi connectivity index (χ0n) is 10.2. The lowest BCUT2D eigenvalue weighted by molar-refractivity contribution is 0.584. The van der Waals surface area contributed by atoms with Gasteiger partial charge in [-0.2, -0.15) is 18.4 Å². The van der Waals surface area contributed by atoms with Gasteiger partial charge >= 0.3 is 0 Å². The molecule has 0 atom stereocenters. The van der Waals surface area contributed by atoms with Crippen molar-refractivity contribution in [2.24, 2.45) is 5.10 Å². The Morgan fingerprint density at radius 2 is 1.89 bits per heavy atom. The first-order valence-corrected chi connectivity index (χ1v) is 7.44. The molecule has 2 aromatic rings. The van der Waals surface area contributed by atoms with Gasteiger partial charge in [-0.3, -0.25) is 0 Å². The Labute approximate surface area is 111 Å². The lowest BCUT2D eigenvalue weighted by Crippen LogP contribution is -2.20. The van der Waals surface area contributed by atoms with Gasteiger partial charge in [-0.25, -0.2) is 0 Å². The lowest BCUT2D eigenvalue weighted by Gasteiger charge is -2.03. The monoisotopic (exact) mass is 275 g/mol. The van der Waals surface area contributed by atoms with E-state index in [0.29, 0.717) is 0 Å². The molecule has 0 saturated heterocycles. The van der Waals surface area contributed by atoms with Crippen LogP contribution in [0.15, 0.2) is 58.7 Å².